The Morgan fingerprint density at radius 2 is 0.903 bits per heavy atom. The number of rotatable bonds is 44. The summed E-state index contributed by atoms with van der Waals surface area (Å²) in [5.74, 6) is -0.393. The first-order valence-electron chi connectivity index (χ1n) is 28.0. The van der Waals surface area contributed by atoms with Gasteiger partial charge in [-0.05, 0) is 77.0 Å². The molecule has 72 heavy (non-hydrogen) atoms. The molecule has 0 aromatic carbocycles. The highest BCUT2D eigenvalue weighted by Crippen LogP contribution is 2.26. The first-order valence-corrected chi connectivity index (χ1v) is 28.0. The molecule has 0 amide bonds. The van der Waals surface area contributed by atoms with Gasteiger partial charge in [-0.2, -0.15) is 0 Å². The largest absolute Gasteiger partial charge is 0.457 e. The number of hydrogen-bond donors (Lipinski definition) is 7. The van der Waals surface area contributed by atoms with Gasteiger partial charge in [-0.15, -0.1) is 0 Å². The van der Waals surface area contributed by atoms with Crippen molar-refractivity contribution in [2.24, 2.45) is 0 Å². The van der Waals surface area contributed by atoms with E-state index in [1.54, 1.807) is 0 Å². The molecule has 14 heteroatoms. The van der Waals surface area contributed by atoms with Crippen LogP contribution < -0.4 is 0 Å². The summed E-state index contributed by atoms with van der Waals surface area (Å²) in [6.45, 7) is 3.50. The number of hydrogen-bond acceptors (Lipinski definition) is 14. The fourth-order valence-corrected chi connectivity index (χ4v) is 8.41. The van der Waals surface area contributed by atoms with E-state index in [1.807, 2.05) is 0 Å². The van der Waals surface area contributed by atoms with Crippen LogP contribution in [0.1, 0.15) is 187 Å². The van der Waals surface area contributed by atoms with Gasteiger partial charge in [0, 0.05) is 13.0 Å². The standard InChI is InChI=1S/C58H100O14/c1-3-5-7-9-11-13-15-17-19-20-21-22-23-24-25-26-27-28-30-32-34-36-38-40-42-67-44-47(70-50(60)41-39-37-35-33-31-29-18-16-14-12-10-8-6-4-2)45-68-57-56(66)54(64)52(62)49(72-57)46-69-58-55(65)53(63)51(61)48(43-59)71-58/h5,7,10-13,16-19,21-22,47-49,51-59,61-66H,3-4,6,8-9,14-15,20,23-46H2,1-2H3/b7-5-,12-10-,13-11-,18-16-,19-17-,22-21-. The second kappa shape index (κ2) is 44.7. The van der Waals surface area contributed by atoms with Gasteiger partial charge < -0.3 is 64.2 Å². The van der Waals surface area contributed by atoms with Crippen molar-refractivity contribution in [3.63, 3.8) is 0 Å². The van der Waals surface area contributed by atoms with E-state index in [0.29, 0.717) is 13.0 Å². The number of unbranched alkanes of at least 4 members (excludes halogenated alkanes) is 18. The van der Waals surface area contributed by atoms with Crippen LogP contribution in [0.3, 0.4) is 0 Å². The Labute approximate surface area is 434 Å². The molecule has 0 aromatic heterocycles. The number of allylic oxidation sites excluding steroid dienone is 12. The predicted octanol–water partition coefficient (Wildman–Crippen LogP) is 9.47. The maximum atomic E-state index is 13.0. The molecule has 0 spiro atoms. The maximum Gasteiger partial charge on any atom is 0.306 e. The topological polar surface area (TPSA) is 214 Å². The maximum absolute atomic E-state index is 13.0. The van der Waals surface area contributed by atoms with Gasteiger partial charge in [0.2, 0.25) is 0 Å². The zero-order chi connectivity index (χ0) is 52.3. The quantitative estimate of drug-likeness (QED) is 0.0172. The van der Waals surface area contributed by atoms with E-state index in [1.165, 1.54) is 64.2 Å². The number of carbonyl (C=O) groups excluding carboxylic acids is 1. The van der Waals surface area contributed by atoms with Crippen LogP contribution >= 0.6 is 0 Å². The van der Waals surface area contributed by atoms with Crippen LogP contribution in [0, 0.1) is 0 Å². The molecule has 0 saturated carbocycles. The second-order valence-electron chi connectivity index (χ2n) is 19.4. The lowest BCUT2D eigenvalue weighted by Gasteiger charge is -2.42. The van der Waals surface area contributed by atoms with Gasteiger partial charge in [0.25, 0.3) is 0 Å². The van der Waals surface area contributed by atoms with Gasteiger partial charge in [-0.25, -0.2) is 0 Å². The Morgan fingerprint density at radius 3 is 1.42 bits per heavy atom. The zero-order valence-electron chi connectivity index (χ0n) is 44.4. The number of aliphatic hydroxyl groups is 7. The molecule has 0 bridgehead atoms. The van der Waals surface area contributed by atoms with Crippen molar-refractivity contribution >= 4 is 5.97 Å². The Balaban J connectivity index is 1.71. The van der Waals surface area contributed by atoms with E-state index >= 15 is 0 Å². The van der Waals surface area contributed by atoms with E-state index in [2.05, 4.69) is 86.8 Å². The summed E-state index contributed by atoms with van der Waals surface area (Å²) in [4.78, 5) is 13.0. The lowest BCUT2D eigenvalue weighted by atomic mass is 9.98. The number of ether oxygens (including phenoxy) is 6. The van der Waals surface area contributed by atoms with E-state index in [-0.39, 0.29) is 19.6 Å². The summed E-state index contributed by atoms with van der Waals surface area (Å²) < 4.78 is 34.3. The van der Waals surface area contributed by atoms with Gasteiger partial charge in [-0.3, -0.25) is 4.79 Å². The molecule has 0 aromatic rings. The summed E-state index contributed by atoms with van der Waals surface area (Å²) in [6.07, 6.45) is 39.6. The average molecular weight is 1020 g/mol. The lowest BCUT2D eigenvalue weighted by molar-refractivity contribution is -0.332. The van der Waals surface area contributed by atoms with Crippen LogP contribution in [0.5, 0.6) is 0 Å². The second-order valence-corrected chi connectivity index (χ2v) is 19.4. The highest BCUT2D eigenvalue weighted by atomic mass is 16.7. The third-order valence-corrected chi connectivity index (χ3v) is 12.9. The van der Waals surface area contributed by atoms with Crippen molar-refractivity contribution < 1.29 is 69.0 Å². The van der Waals surface area contributed by atoms with Crippen LogP contribution in [0.4, 0.5) is 0 Å². The number of carbonyl (C=O) groups is 1. The smallest absolute Gasteiger partial charge is 0.306 e. The molecule has 2 rings (SSSR count). The molecular formula is C58H100O14. The lowest BCUT2D eigenvalue weighted by Crippen LogP contribution is -2.61. The number of aliphatic hydroxyl groups excluding tert-OH is 7. The van der Waals surface area contributed by atoms with Crippen LogP contribution in [0.25, 0.3) is 0 Å². The fraction of sp³-hybridized carbons (Fsp3) is 0.776. The third-order valence-electron chi connectivity index (χ3n) is 12.9. The average Bonchev–Trinajstić information content (AvgIpc) is 3.38. The molecule has 0 aliphatic carbocycles. The molecule has 2 fully saturated rings. The molecule has 2 aliphatic rings. The van der Waals surface area contributed by atoms with Crippen LogP contribution in [-0.2, 0) is 33.2 Å². The Hall–Kier alpha value is -2.57. The molecular weight excluding hydrogens is 921 g/mol. The number of esters is 1. The summed E-state index contributed by atoms with van der Waals surface area (Å²) in [5.41, 5.74) is 0. The van der Waals surface area contributed by atoms with Gasteiger partial charge in [0.1, 0.15) is 54.9 Å². The van der Waals surface area contributed by atoms with Crippen LogP contribution in [0.2, 0.25) is 0 Å². The van der Waals surface area contributed by atoms with Crippen molar-refractivity contribution in [3.8, 4) is 0 Å². The van der Waals surface area contributed by atoms with E-state index in [9.17, 15) is 40.5 Å². The fourth-order valence-electron chi connectivity index (χ4n) is 8.41. The normalized spacial score (nSPS) is 25.7. The molecule has 11 atom stereocenters. The molecule has 0 radical (unpaired) electrons. The summed E-state index contributed by atoms with van der Waals surface area (Å²) in [5, 5.41) is 72.3. The van der Waals surface area contributed by atoms with Crippen molar-refractivity contribution in [2.45, 2.75) is 255 Å². The van der Waals surface area contributed by atoms with Gasteiger partial charge >= 0.3 is 5.97 Å². The highest BCUT2D eigenvalue weighted by molar-refractivity contribution is 5.69. The van der Waals surface area contributed by atoms with Crippen molar-refractivity contribution in [1.29, 1.82) is 0 Å². The minimum absolute atomic E-state index is 0.0505. The van der Waals surface area contributed by atoms with Crippen LogP contribution in [0.15, 0.2) is 72.9 Å². The summed E-state index contributed by atoms with van der Waals surface area (Å²) in [6, 6.07) is 0. The van der Waals surface area contributed by atoms with Gasteiger partial charge in [-0.1, -0.05) is 177 Å². The molecule has 7 N–H and O–H groups in total. The molecule has 14 nitrogen and oxygen atoms in total. The first-order chi connectivity index (χ1) is 35.1. The Morgan fingerprint density at radius 1 is 0.472 bits per heavy atom. The van der Waals surface area contributed by atoms with E-state index in [4.69, 9.17) is 28.4 Å². The van der Waals surface area contributed by atoms with Crippen molar-refractivity contribution in [3.05, 3.63) is 72.9 Å². The highest BCUT2D eigenvalue weighted by Gasteiger charge is 2.47. The minimum Gasteiger partial charge on any atom is -0.457 e. The molecule has 11 unspecified atom stereocenters. The van der Waals surface area contributed by atoms with Gasteiger partial charge in [0.05, 0.1) is 26.4 Å². The molecule has 2 saturated heterocycles. The monoisotopic (exact) mass is 1020 g/mol. The molecule has 416 valence electrons. The molecule has 2 heterocycles. The summed E-state index contributed by atoms with van der Waals surface area (Å²) >= 11 is 0. The third kappa shape index (κ3) is 31.3. The predicted molar refractivity (Wildman–Crippen MR) is 284 cm³/mol. The SMILES string of the molecule is CC/C=C\C/C=C\C/C=C\C/C=C\CCCCCCCCCCCCCOCC(COC1OC(COC2OC(CO)C(O)C(O)C2O)C(O)C(O)C1O)OC(=O)CCCCCCC/C=C\C/C=C\CCCC. The summed E-state index contributed by atoms with van der Waals surface area (Å²) in [7, 11) is 0. The minimum atomic E-state index is -1.71. The van der Waals surface area contributed by atoms with Gasteiger partial charge in [0.15, 0.2) is 12.6 Å². The Bertz CT molecular complexity index is 1460. The Kier molecular flexibility index (Phi) is 40.7. The van der Waals surface area contributed by atoms with E-state index in [0.717, 1.165) is 96.3 Å². The zero-order valence-corrected chi connectivity index (χ0v) is 44.4. The van der Waals surface area contributed by atoms with E-state index < -0.39 is 86.7 Å². The molecule has 2 aliphatic heterocycles. The van der Waals surface area contributed by atoms with Crippen molar-refractivity contribution in [1.82, 2.24) is 0 Å². The van der Waals surface area contributed by atoms with Crippen molar-refractivity contribution in [2.75, 3.05) is 33.0 Å². The van der Waals surface area contributed by atoms with Crippen LogP contribution in [-0.4, -0.2) is 142 Å². The first kappa shape index (κ1) is 65.5.